The molecule has 0 unspecified atom stereocenters. The van der Waals surface area contributed by atoms with Gasteiger partial charge in [0.15, 0.2) is 11.5 Å². The van der Waals surface area contributed by atoms with Crippen molar-refractivity contribution in [1.82, 2.24) is 14.6 Å². The van der Waals surface area contributed by atoms with Crippen molar-refractivity contribution in [2.45, 2.75) is 18.4 Å². The number of nitrogens with zero attached hydrogens (tertiary/aromatic N) is 3. The first kappa shape index (κ1) is 19.5. The lowest BCUT2D eigenvalue weighted by Crippen LogP contribution is -2.14. The third kappa shape index (κ3) is 3.75. The van der Waals surface area contributed by atoms with Crippen LogP contribution in [0.4, 0.5) is 5.69 Å². The van der Waals surface area contributed by atoms with Crippen LogP contribution in [0.3, 0.4) is 0 Å². The molecule has 29 heavy (non-hydrogen) atoms. The maximum Gasteiger partial charge on any atom is 0.234 e. The van der Waals surface area contributed by atoms with Crippen LogP contribution in [0.1, 0.15) is 12.7 Å². The Morgan fingerprint density at radius 1 is 1.14 bits per heavy atom. The predicted molar refractivity (Wildman–Crippen MR) is 117 cm³/mol. The van der Waals surface area contributed by atoms with E-state index in [0.717, 1.165) is 28.3 Å². The molecule has 0 atom stereocenters. The number of thiophene rings is 1. The van der Waals surface area contributed by atoms with Crippen molar-refractivity contribution >= 4 is 50.4 Å². The average Bonchev–Trinajstić information content (AvgIpc) is 3.33. The molecule has 0 saturated carbocycles. The standard InChI is InChI=1S/C20H20N4O3S2/c1-4-18-22-23-20(14-10-17-13(24(14)18)7-8-28-17)29-11-19(25)21-12-5-6-15(26-2)16(9-12)27-3/h5-10H,4,11H2,1-3H3,(H,21,25). The van der Waals surface area contributed by atoms with Gasteiger partial charge in [-0.15, -0.1) is 21.5 Å². The monoisotopic (exact) mass is 428 g/mol. The van der Waals surface area contributed by atoms with E-state index in [0.29, 0.717) is 17.2 Å². The normalized spacial score (nSPS) is 11.1. The smallest absolute Gasteiger partial charge is 0.234 e. The Hall–Kier alpha value is -2.78. The van der Waals surface area contributed by atoms with Crippen LogP contribution < -0.4 is 14.8 Å². The average molecular weight is 429 g/mol. The van der Waals surface area contributed by atoms with E-state index in [4.69, 9.17) is 9.47 Å². The van der Waals surface area contributed by atoms with E-state index in [1.165, 1.54) is 16.5 Å². The zero-order valence-corrected chi connectivity index (χ0v) is 17.9. The summed E-state index contributed by atoms with van der Waals surface area (Å²) in [4.78, 5) is 12.5. The number of aryl methyl sites for hydroxylation is 1. The van der Waals surface area contributed by atoms with Gasteiger partial charge in [-0.3, -0.25) is 9.20 Å². The minimum Gasteiger partial charge on any atom is -0.493 e. The van der Waals surface area contributed by atoms with Crippen LogP contribution in [0.25, 0.3) is 15.7 Å². The van der Waals surface area contributed by atoms with Crippen LogP contribution in [0, 0.1) is 0 Å². The van der Waals surface area contributed by atoms with Crippen molar-refractivity contribution in [3.63, 3.8) is 0 Å². The molecule has 0 radical (unpaired) electrons. The molecule has 0 aliphatic rings. The number of thioether (sulfide) groups is 1. The number of carbonyl (C=O) groups is 1. The molecule has 4 aromatic rings. The maximum atomic E-state index is 12.5. The van der Waals surface area contributed by atoms with E-state index in [-0.39, 0.29) is 11.7 Å². The number of benzene rings is 1. The molecule has 9 heteroatoms. The Labute approximate surface area is 176 Å². The number of amides is 1. The van der Waals surface area contributed by atoms with Gasteiger partial charge in [0.25, 0.3) is 0 Å². The van der Waals surface area contributed by atoms with Crippen LogP contribution >= 0.6 is 23.1 Å². The van der Waals surface area contributed by atoms with E-state index in [2.05, 4.69) is 44.4 Å². The van der Waals surface area contributed by atoms with Crippen molar-refractivity contribution in [2.75, 3.05) is 25.3 Å². The number of aromatic nitrogens is 3. The lowest BCUT2D eigenvalue weighted by molar-refractivity contribution is -0.113. The molecule has 0 aliphatic heterocycles. The summed E-state index contributed by atoms with van der Waals surface area (Å²) in [5, 5.41) is 14.4. The number of methoxy groups -OCH3 is 2. The number of ether oxygens (including phenoxy) is 2. The Bertz CT molecular complexity index is 1190. The summed E-state index contributed by atoms with van der Waals surface area (Å²) < 4.78 is 13.8. The van der Waals surface area contributed by atoms with Crippen LogP contribution in [-0.2, 0) is 11.2 Å². The highest BCUT2D eigenvalue weighted by Gasteiger charge is 2.15. The number of hydrogen-bond donors (Lipinski definition) is 1. The molecule has 1 amide bonds. The summed E-state index contributed by atoms with van der Waals surface area (Å²) in [7, 11) is 3.13. The summed E-state index contributed by atoms with van der Waals surface area (Å²) in [6.45, 7) is 2.06. The summed E-state index contributed by atoms with van der Waals surface area (Å²) in [6, 6.07) is 9.47. The van der Waals surface area contributed by atoms with Gasteiger partial charge in [0.05, 0.1) is 35.7 Å². The first-order valence-electron chi connectivity index (χ1n) is 9.03. The molecule has 0 aliphatic carbocycles. The van der Waals surface area contributed by atoms with Crippen molar-refractivity contribution in [3.8, 4) is 11.5 Å². The highest BCUT2D eigenvalue weighted by atomic mass is 32.2. The molecule has 150 valence electrons. The van der Waals surface area contributed by atoms with Gasteiger partial charge in [-0.05, 0) is 29.6 Å². The largest absolute Gasteiger partial charge is 0.493 e. The highest BCUT2D eigenvalue weighted by Crippen LogP contribution is 2.32. The van der Waals surface area contributed by atoms with Crippen LogP contribution in [0.15, 0.2) is 40.7 Å². The molecule has 7 nitrogen and oxygen atoms in total. The predicted octanol–water partition coefficient (Wildman–Crippen LogP) is 4.25. The molecular weight excluding hydrogens is 408 g/mol. The number of carbonyl (C=O) groups excluding carboxylic acids is 1. The molecule has 1 N–H and O–H groups in total. The molecule has 0 bridgehead atoms. The number of fused-ring (bicyclic) bond motifs is 3. The van der Waals surface area contributed by atoms with Crippen molar-refractivity contribution in [3.05, 3.63) is 41.5 Å². The molecule has 4 rings (SSSR count). The quantitative estimate of drug-likeness (QED) is 0.443. The topological polar surface area (TPSA) is 77.8 Å². The van der Waals surface area contributed by atoms with Gasteiger partial charge in [-0.25, -0.2) is 0 Å². The van der Waals surface area contributed by atoms with Gasteiger partial charge in [-0.1, -0.05) is 18.7 Å². The minimum atomic E-state index is -0.130. The fourth-order valence-corrected chi connectivity index (χ4v) is 4.68. The third-order valence-electron chi connectivity index (χ3n) is 4.48. The van der Waals surface area contributed by atoms with E-state index in [9.17, 15) is 4.79 Å². The Morgan fingerprint density at radius 3 is 2.72 bits per heavy atom. The second kappa shape index (κ2) is 8.30. The second-order valence-electron chi connectivity index (χ2n) is 6.22. The SMILES string of the molecule is CCc1nnc(SCC(=O)Nc2ccc(OC)c(OC)c2)c2cc3sccc3n12. The lowest BCUT2D eigenvalue weighted by atomic mass is 10.2. The van der Waals surface area contributed by atoms with Crippen LogP contribution in [0.5, 0.6) is 11.5 Å². The van der Waals surface area contributed by atoms with E-state index in [1.54, 1.807) is 43.8 Å². The maximum absolute atomic E-state index is 12.5. The van der Waals surface area contributed by atoms with Gasteiger partial charge in [-0.2, -0.15) is 0 Å². The number of anilines is 1. The molecule has 0 spiro atoms. The Morgan fingerprint density at radius 2 is 1.97 bits per heavy atom. The first-order chi connectivity index (χ1) is 14.1. The Kier molecular flexibility index (Phi) is 5.59. The van der Waals surface area contributed by atoms with E-state index >= 15 is 0 Å². The lowest BCUT2D eigenvalue weighted by Gasteiger charge is -2.11. The third-order valence-corrected chi connectivity index (χ3v) is 6.30. The Balaban J connectivity index is 1.52. The summed E-state index contributed by atoms with van der Waals surface area (Å²) in [6.07, 6.45) is 0.786. The van der Waals surface area contributed by atoms with E-state index < -0.39 is 0 Å². The van der Waals surface area contributed by atoms with Crippen LogP contribution in [-0.4, -0.2) is 40.5 Å². The molecule has 0 saturated heterocycles. The number of rotatable bonds is 7. The highest BCUT2D eigenvalue weighted by molar-refractivity contribution is 8.00. The van der Waals surface area contributed by atoms with Crippen molar-refractivity contribution < 1.29 is 14.3 Å². The minimum absolute atomic E-state index is 0.130. The second-order valence-corrected chi connectivity index (χ2v) is 8.13. The first-order valence-corrected chi connectivity index (χ1v) is 10.9. The molecular formula is C20H20N4O3S2. The van der Waals surface area contributed by atoms with Gasteiger partial charge < -0.3 is 14.8 Å². The summed E-state index contributed by atoms with van der Waals surface area (Å²) in [5.41, 5.74) is 2.77. The fraction of sp³-hybridized carbons (Fsp3) is 0.250. The van der Waals surface area contributed by atoms with Gasteiger partial charge in [0.1, 0.15) is 10.9 Å². The van der Waals surface area contributed by atoms with E-state index in [1.807, 2.05) is 0 Å². The fourth-order valence-electron chi connectivity index (χ4n) is 3.14. The van der Waals surface area contributed by atoms with Gasteiger partial charge in [0.2, 0.25) is 5.91 Å². The number of hydrogen-bond acceptors (Lipinski definition) is 7. The zero-order valence-electron chi connectivity index (χ0n) is 16.3. The molecule has 3 heterocycles. The molecule has 0 fully saturated rings. The number of nitrogens with one attached hydrogen (secondary N) is 1. The summed E-state index contributed by atoms with van der Waals surface area (Å²) in [5.74, 6) is 2.18. The van der Waals surface area contributed by atoms with Crippen molar-refractivity contribution in [2.24, 2.45) is 0 Å². The van der Waals surface area contributed by atoms with Gasteiger partial charge >= 0.3 is 0 Å². The molecule has 1 aromatic carbocycles. The summed E-state index contributed by atoms with van der Waals surface area (Å²) >= 11 is 3.06. The zero-order chi connectivity index (χ0) is 20.4. The van der Waals surface area contributed by atoms with Crippen molar-refractivity contribution in [1.29, 1.82) is 0 Å². The van der Waals surface area contributed by atoms with Gasteiger partial charge in [0, 0.05) is 18.2 Å². The molecule has 3 aromatic heterocycles. The van der Waals surface area contributed by atoms with Crippen LogP contribution in [0.2, 0.25) is 0 Å².